The van der Waals surface area contributed by atoms with Gasteiger partial charge in [-0.15, -0.1) is 0 Å². The maximum absolute atomic E-state index is 9.67. The number of nitrogens with one attached hydrogen (secondary N) is 1. The monoisotopic (exact) mass is 274 g/mol. The minimum Gasteiger partial charge on any atom is -0.395 e. The van der Waals surface area contributed by atoms with E-state index in [0.29, 0.717) is 12.1 Å². The van der Waals surface area contributed by atoms with Crippen molar-refractivity contribution in [3.63, 3.8) is 0 Å². The molecule has 0 spiro atoms. The first-order chi connectivity index (χ1) is 9.86. The van der Waals surface area contributed by atoms with Crippen LogP contribution in [0.15, 0.2) is 30.3 Å². The van der Waals surface area contributed by atoms with E-state index in [0.717, 1.165) is 6.42 Å². The highest BCUT2D eigenvalue weighted by molar-refractivity contribution is 5.16. The molecular formula is C17H26N2O. The van der Waals surface area contributed by atoms with E-state index in [9.17, 15) is 5.11 Å². The molecule has 110 valence electrons. The Morgan fingerprint density at radius 2 is 2.00 bits per heavy atom. The third kappa shape index (κ3) is 3.22. The minimum atomic E-state index is 0.185. The van der Waals surface area contributed by atoms with Gasteiger partial charge in [-0.05, 0) is 37.8 Å². The van der Waals surface area contributed by atoms with E-state index in [1.165, 1.54) is 44.3 Å². The van der Waals surface area contributed by atoms with Crippen LogP contribution >= 0.6 is 0 Å². The van der Waals surface area contributed by atoms with Crippen LogP contribution in [-0.2, 0) is 6.42 Å². The summed E-state index contributed by atoms with van der Waals surface area (Å²) < 4.78 is 0. The quantitative estimate of drug-likeness (QED) is 0.859. The van der Waals surface area contributed by atoms with Crippen LogP contribution in [0.2, 0.25) is 0 Å². The van der Waals surface area contributed by atoms with Crippen molar-refractivity contribution in [2.24, 2.45) is 0 Å². The number of piperidine rings is 1. The fourth-order valence-electron chi connectivity index (χ4n) is 3.82. The van der Waals surface area contributed by atoms with E-state index in [4.69, 9.17) is 0 Å². The summed E-state index contributed by atoms with van der Waals surface area (Å²) in [6.45, 7) is 2.72. The maximum Gasteiger partial charge on any atom is 0.0587 e. The summed E-state index contributed by atoms with van der Waals surface area (Å²) in [6, 6.07) is 11.9. The average molecular weight is 274 g/mol. The van der Waals surface area contributed by atoms with Gasteiger partial charge >= 0.3 is 0 Å². The van der Waals surface area contributed by atoms with Crippen LogP contribution in [0.4, 0.5) is 0 Å². The van der Waals surface area contributed by atoms with Gasteiger partial charge in [0.1, 0.15) is 0 Å². The summed E-state index contributed by atoms with van der Waals surface area (Å²) in [5.74, 6) is 0. The Balaban J connectivity index is 1.57. The summed E-state index contributed by atoms with van der Waals surface area (Å²) in [7, 11) is 0. The molecule has 2 N–H and O–H groups in total. The number of benzene rings is 1. The van der Waals surface area contributed by atoms with E-state index in [-0.39, 0.29) is 12.6 Å². The molecule has 2 fully saturated rings. The molecular weight excluding hydrogens is 248 g/mol. The number of rotatable bonds is 5. The van der Waals surface area contributed by atoms with Crippen LogP contribution < -0.4 is 5.32 Å². The van der Waals surface area contributed by atoms with Gasteiger partial charge < -0.3 is 10.4 Å². The van der Waals surface area contributed by atoms with Crippen molar-refractivity contribution in [1.29, 1.82) is 0 Å². The molecule has 3 atom stereocenters. The highest BCUT2D eigenvalue weighted by atomic mass is 16.3. The van der Waals surface area contributed by atoms with Crippen molar-refractivity contribution in [2.45, 2.75) is 50.2 Å². The van der Waals surface area contributed by atoms with Crippen molar-refractivity contribution in [3.8, 4) is 0 Å². The Labute approximate surface area is 122 Å². The number of hydrogen-bond acceptors (Lipinski definition) is 3. The van der Waals surface area contributed by atoms with E-state index >= 15 is 0 Å². The highest BCUT2D eigenvalue weighted by Crippen LogP contribution is 2.27. The molecule has 20 heavy (non-hydrogen) atoms. The van der Waals surface area contributed by atoms with Gasteiger partial charge in [-0.2, -0.15) is 0 Å². The second-order valence-corrected chi connectivity index (χ2v) is 6.23. The molecule has 3 unspecified atom stereocenters. The summed E-state index contributed by atoms with van der Waals surface area (Å²) in [4.78, 5) is 2.64. The predicted molar refractivity (Wildman–Crippen MR) is 81.8 cm³/mol. The molecule has 1 aromatic rings. The zero-order valence-electron chi connectivity index (χ0n) is 12.2. The molecule has 3 heteroatoms. The lowest BCUT2D eigenvalue weighted by molar-refractivity contribution is 0.165. The molecule has 0 bridgehead atoms. The van der Waals surface area contributed by atoms with Crippen molar-refractivity contribution in [1.82, 2.24) is 10.2 Å². The summed E-state index contributed by atoms with van der Waals surface area (Å²) in [6.07, 6.45) is 6.19. The summed E-state index contributed by atoms with van der Waals surface area (Å²) >= 11 is 0. The van der Waals surface area contributed by atoms with Gasteiger partial charge in [0.15, 0.2) is 0 Å². The van der Waals surface area contributed by atoms with Crippen LogP contribution in [-0.4, -0.2) is 47.8 Å². The second-order valence-electron chi connectivity index (χ2n) is 6.23. The lowest BCUT2D eigenvalue weighted by atomic mass is 9.97. The Hall–Kier alpha value is -0.900. The molecule has 0 aromatic heterocycles. The summed E-state index contributed by atoms with van der Waals surface area (Å²) in [5, 5.41) is 13.4. The van der Waals surface area contributed by atoms with Gasteiger partial charge in [-0.1, -0.05) is 36.8 Å². The normalized spacial score (nSPS) is 28.2. The maximum atomic E-state index is 9.67. The Morgan fingerprint density at radius 3 is 2.80 bits per heavy atom. The van der Waals surface area contributed by atoms with Crippen molar-refractivity contribution in [2.75, 3.05) is 19.7 Å². The van der Waals surface area contributed by atoms with Gasteiger partial charge in [0, 0.05) is 24.7 Å². The highest BCUT2D eigenvalue weighted by Gasteiger charge is 2.36. The second kappa shape index (κ2) is 6.70. The van der Waals surface area contributed by atoms with Gasteiger partial charge in [-0.25, -0.2) is 0 Å². The molecule has 3 nitrogen and oxygen atoms in total. The number of nitrogens with zero attached hydrogens (tertiary/aromatic N) is 1. The minimum absolute atomic E-state index is 0.185. The van der Waals surface area contributed by atoms with Gasteiger partial charge in [-0.3, -0.25) is 4.90 Å². The molecule has 2 aliphatic heterocycles. The van der Waals surface area contributed by atoms with E-state index in [1.807, 2.05) is 6.07 Å². The molecule has 0 radical (unpaired) electrons. The van der Waals surface area contributed by atoms with Crippen LogP contribution in [0.5, 0.6) is 0 Å². The fraction of sp³-hybridized carbons (Fsp3) is 0.647. The lowest BCUT2D eigenvalue weighted by Crippen LogP contribution is -2.49. The zero-order valence-corrected chi connectivity index (χ0v) is 12.2. The fourth-order valence-corrected chi connectivity index (χ4v) is 3.82. The van der Waals surface area contributed by atoms with E-state index < -0.39 is 0 Å². The number of fused-ring (bicyclic) bond motifs is 1. The van der Waals surface area contributed by atoms with Crippen LogP contribution in [0.25, 0.3) is 0 Å². The first kappa shape index (κ1) is 14.1. The first-order valence-electron chi connectivity index (χ1n) is 8.01. The SMILES string of the molecule is OCC(Cc1ccccc1)NC1CCN2CCCCC12. The van der Waals surface area contributed by atoms with Crippen LogP contribution in [0.1, 0.15) is 31.2 Å². The van der Waals surface area contributed by atoms with Gasteiger partial charge in [0.05, 0.1) is 6.61 Å². The third-order valence-electron chi connectivity index (χ3n) is 4.85. The van der Waals surface area contributed by atoms with Crippen molar-refractivity contribution >= 4 is 0 Å². The molecule has 2 aliphatic rings. The van der Waals surface area contributed by atoms with Crippen LogP contribution in [0.3, 0.4) is 0 Å². The number of hydrogen-bond donors (Lipinski definition) is 2. The number of aliphatic hydroxyl groups excluding tert-OH is 1. The van der Waals surface area contributed by atoms with Crippen molar-refractivity contribution in [3.05, 3.63) is 35.9 Å². The zero-order chi connectivity index (χ0) is 13.8. The summed E-state index contributed by atoms with van der Waals surface area (Å²) in [5.41, 5.74) is 1.30. The van der Waals surface area contributed by atoms with Gasteiger partial charge in [0.2, 0.25) is 0 Å². The van der Waals surface area contributed by atoms with Crippen LogP contribution in [0, 0.1) is 0 Å². The molecule has 1 aromatic carbocycles. The molecule has 0 saturated carbocycles. The number of aliphatic hydroxyl groups is 1. The standard InChI is InChI=1S/C17H26N2O/c20-13-15(12-14-6-2-1-3-7-14)18-16-9-11-19-10-5-4-8-17(16)19/h1-3,6-7,15-18,20H,4-5,8-13H2. The third-order valence-corrected chi connectivity index (χ3v) is 4.85. The van der Waals surface area contributed by atoms with Crippen molar-refractivity contribution < 1.29 is 5.11 Å². The largest absolute Gasteiger partial charge is 0.395 e. The Kier molecular flexibility index (Phi) is 4.71. The Morgan fingerprint density at radius 1 is 1.15 bits per heavy atom. The Bertz CT molecular complexity index is 409. The topological polar surface area (TPSA) is 35.5 Å². The molecule has 2 saturated heterocycles. The first-order valence-corrected chi connectivity index (χ1v) is 8.01. The predicted octanol–water partition coefficient (Wildman–Crippen LogP) is 1.81. The van der Waals surface area contributed by atoms with E-state index in [1.54, 1.807) is 0 Å². The molecule has 3 rings (SSSR count). The lowest BCUT2D eigenvalue weighted by Gasteiger charge is -2.34. The molecule has 0 amide bonds. The smallest absolute Gasteiger partial charge is 0.0587 e. The van der Waals surface area contributed by atoms with Gasteiger partial charge in [0.25, 0.3) is 0 Å². The average Bonchev–Trinajstić information content (AvgIpc) is 2.91. The van der Waals surface area contributed by atoms with E-state index in [2.05, 4.69) is 34.5 Å². The molecule has 2 heterocycles. The molecule has 0 aliphatic carbocycles.